The molecule has 1 heterocycles. The molecule has 1 aliphatic rings. The summed E-state index contributed by atoms with van der Waals surface area (Å²) in [5.74, 6) is 1.84. The molecule has 0 unspecified atom stereocenters. The molecule has 5 heteroatoms. The van der Waals surface area contributed by atoms with E-state index in [9.17, 15) is 4.79 Å². The minimum absolute atomic E-state index is 0.0234. The van der Waals surface area contributed by atoms with E-state index in [1.165, 1.54) is 5.56 Å². The van der Waals surface area contributed by atoms with Crippen LogP contribution in [0.15, 0.2) is 46.9 Å². The summed E-state index contributed by atoms with van der Waals surface area (Å²) in [6.45, 7) is 8.54. The molecule has 0 saturated carbocycles. The van der Waals surface area contributed by atoms with Crippen LogP contribution in [0.5, 0.6) is 11.5 Å². The summed E-state index contributed by atoms with van der Waals surface area (Å²) in [6, 6.07) is 13.9. The maximum atomic E-state index is 12.7. The van der Waals surface area contributed by atoms with Gasteiger partial charge in [-0.05, 0) is 58.5 Å². The quantitative estimate of drug-likeness (QED) is 0.539. The first kappa shape index (κ1) is 21.7. The fourth-order valence-electron chi connectivity index (χ4n) is 3.80. The van der Waals surface area contributed by atoms with Crippen LogP contribution in [0.1, 0.15) is 70.0 Å². The van der Waals surface area contributed by atoms with Crippen LogP contribution in [-0.4, -0.2) is 18.1 Å². The molecule has 2 aromatic rings. The number of carbonyl (C=O) groups is 1. The highest BCUT2D eigenvalue weighted by Crippen LogP contribution is 2.42. The fourth-order valence-corrected chi connectivity index (χ4v) is 4.31. The molecule has 3 rings (SSSR count). The molecule has 0 fully saturated rings. The third-order valence-electron chi connectivity index (χ3n) is 5.80. The molecule has 0 aliphatic carbocycles. The van der Waals surface area contributed by atoms with Crippen LogP contribution in [0.3, 0.4) is 0 Å². The molecule has 2 aromatic carbocycles. The second kappa shape index (κ2) is 9.21. The molecule has 0 spiro atoms. The first-order chi connectivity index (χ1) is 13.9. The number of fused-ring (bicyclic) bond motifs is 1. The molecule has 4 nitrogen and oxygen atoms in total. The molecular weight excluding hydrogens is 430 g/mol. The predicted molar refractivity (Wildman–Crippen MR) is 120 cm³/mol. The van der Waals surface area contributed by atoms with Crippen molar-refractivity contribution in [3.63, 3.8) is 0 Å². The van der Waals surface area contributed by atoms with Crippen molar-refractivity contribution in [3.8, 4) is 11.5 Å². The standard InChI is InChI=1S/C24H30BrNO3/c1-5-24(6-2)14-20(18-9-7-8-10-21(18)29-24)26-23(27)15-28-22-12-11-17(16(3)4)13-19(22)25/h7-13,16,20H,5-6,14-15H2,1-4H3,(H,26,27)/t20-/m0/s1. The minimum Gasteiger partial charge on any atom is -0.487 e. The Hall–Kier alpha value is -2.01. The third-order valence-corrected chi connectivity index (χ3v) is 6.42. The Balaban J connectivity index is 1.68. The fraction of sp³-hybridized carbons (Fsp3) is 0.458. The smallest absolute Gasteiger partial charge is 0.258 e. The van der Waals surface area contributed by atoms with Crippen molar-refractivity contribution < 1.29 is 14.3 Å². The van der Waals surface area contributed by atoms with Crippen LogP contribution in [0.2, 0.25) is 0 Å². The summed E-state index contributed by atoms with van der Waals surface area (Å²) in [6.07, 6.45) is 2.56. The van der Waals surface area contributed by atoms with E-state index in [4.69, 9.17) is 9.47 Å². The summed E-state index contributed by atoms with van der Waals surface area (Å²) in [4.78, 5) is 12.7. The zero-order valence-corrected chi connectivity index (χ0v) is 19.2. The van der Waals surface area contributed by atoms with Gasteiger partial charge >= 0.3 is 0 Å². The largest absolute Gasteiger partial charge is 0.487 e. The van der Waals surface area contributed by atoms with E-state index >= 15 is 0 Å². The van der Waals surface area contributed by atoms with Gasteiger partial charge in [-0.1, -0.05) is 52.0 Å². The Morgan fingerprint density at radius 2 is 1.97 bits per heavy atom. The molecule has 0 aromatic heterocycles. The molecule has 0 saturated heterocycles. The molecule has 1 aliphatic heterocycles. The van der Waals surface area contributed by atoms with E-state index in [0.29, 0.717) is 11.7 Å². The van der Waals surface area contributed by atoms with Crippen molar-refractivity contribution >= 4 is 21.8 Å². The Morgan fingerprint density at radius 1 is 1.24 bits per heavy atom. The van der Waals surface area contributed by atoms with Crippen molar-refractivity contribution in [1.29, 1.82) is 0 Å². The first-order valence-electron chi connectivity index (χ1n) is 10.4. The predicted octanol–water partition coefficient (Wildman–Crippen LogP) is 6.15. The number of benzene rings is 2. The average molecular weight is 460 g/mol. The van der Waals surface area contributed by atoms with Crippen LogP contribution >= 0.6 is 15.9 Å². The Labute approximate surface area is 182 Å². The minimum atomic E-state index is -0.247. The molecule has 0 bridgehead atoms. The lowest BCUT2D eigenvalue weighted by Gasteiger charge is -2.41. The number of amides is 1. The number of carbonyl (C=O) groups excluding carboxylic acids is 1. The summed E-state index contributed by atoms with van der Waals surface area (Å²) in [5.41, 5.74) is 2.01. The highest BCUT2D eigenvalue weighted by molar-refractivity contribution is 9.10. The van der Waals surface area contributed by atoms with Crippen molar-refractivity contribution in [2.45, 2.75) is 64.5 Å². The zero-order valence-electron chi connectivity index (χ0n) is 17.6. The number of nitrogens with one attached hydrogen (secondary N) is 1. The van der Waals surface area contributed by atoms with Gasteiger partial charge in [0.05, 0.1) is 10.5 Å². The van der Waals surface area contributed by atoms with Crippen molar-refractivity contribution in [1.82, 2.24) is 5.32 Å². The second-order valence-electron chi connectivity index (χ2n) is 7.99. The molecule has 0 radical (unpaired) electrons. The molecule has 1 amide bonds. The Kier molecular flexibility index (Phi) is 6.89. The molecular formula is C24H30BrNO3. The average Bonchev–Trinajstić information content (AvgIpc) is 2.72. The highest BCUT2D eigenvalue weighted by atomic mass is 79.9. The number of halogens is 1. The lowest BCUT2D eigenvalue weighted by molar-refractivity contribution is -0.124. The van der Waals surface area contributed by atoms with Gasteiger partial charge in [-0.3, -0.25) is 4.79 Å². The molecule has 1 atom stereocenters. The molecule has 1 N–H and O–H groups in total. The van der Waals surface area contributed by atoms with E-state index < -0.39 is 0 Å². The third kappa shape index (κ3) is 4.95. The topological polar surface area (TPSA) is 47.6 Å². The van der Waals surface area contributed by atoms with Crippen LogP contribution in [0, 0.1) is 0 Å². The SMILES string of the molecule is CCC1(CC)C[C@H](NC(=O)COc2ccc(C(C)C)cc2Br)c2ccccc2O1. The number of hydrogen-bond acceptors (Lipinski definition) is 3. The lowest BCUT2D eigenvalue weighted by Crippen LogP contribution is -2.45. The van der Waals surface area contributed by atoms with E-state index in [2.05, 4.69) is 48.9 Å². The van der Waals surface area contributed by atoms with E-state index in [1.54, 1.807) is 0 Å². The van der Waals surface area contributed by atoms with Gasteiger partial charge in [0, 0.05) is 12.0 Å². The summed E-state index contributed by atoms with van der Waals surface area (Å²) in [5, 5.41) is 3.16. The number of rotatable bonds is 7. The van der Waals surface area contributed by atoms with E-state index in [1.807, 2.05) is 42.5 Å². The zero-order chi connectivity index (χ0) is 21.0. The van der Waals surface area contributed by atoms with Crippen LogP contribution in [-0.2, 0) is 4.79 Å². The number of ether oxygens (including phenoxy) is 2. The van der Waals surface area contributed by atoms with Gasteiger partial charge in [0.15, 0.2) is 6.61 Å². The lowest BCUT2D eigenvalue weighted by atomic mass is 9.83. The normalized spacial score (nSPS) is 17.4. The summed E-state index contributed by atoms with van der Waals surface area (Å²) < 4.78 is 13.0. The van der Waals surface area contributed by atoms with Gasteiger partial charge in [-0.2, -0.15) is 0 Å². The van der Waals surface area contributed by atoms with Gasteiger partial charge in [0.25, 0.3) is 5.91 Å². The maximum absolute atomic E-state index is 12.7. The summed E-state index contributed by atoms with van der Waals surface area (Å²) >= 11 is 3.55. The van der Waals surface area contributed by atoms with Crippen molar-refractivity contribution in [2.75, 3.05) is 6.61 Å². The van der Waals surface area contributed by atoms with Crippen molar-refractivity contribution in [2.24, 2.45) is 0 Å². The maximum Gasteiger partial charge on any atom is 0.258 e. The van der Waals surface area contributed by atoms with E-state index in [-0.39, 0.29) is 24.2 Å². The van der Waals surface area contributed by atoms with Gasteiger partial charge in [0.1, 0.15) is 17.1 Å². The van der Waals surface area contributed by atoms with E-state index in [0.717, 1.165) is 35.0 Å². The number of hydrogen-bond donors (Lipinski definition) is 1. The van der Waals surface area contributed by atoms with Gasteiger partial charge < -0.3 is 14.8 Å². The van der Waals surface area contributed by atoms with Gasteiger partial charge in [-0.15, -0.1) is 0 Å². The Bertz CT molecular complexity index is 861. The monoisotopic (exact) mass is 459 g/mol. The molecule has 156 valence electrons. The molecule has 29 heavy (non-hydrogen) atoms. The van der Waals surface area contributed by atoms with Gasteiger partial charge in [0.2, 0.25) is 0 Å². The summed E-state index contributed by atoms with van der Waals surface area (Å²) in [7, 11) is 0. The van der Waals surface area contributed by atoms with Crippen LogP contribution < -0.4 is 14.8 Å². The van der Waals surface area contributed by atoms with Gasteiger partial charge in [-0.25, -0.2) is 0 Å². The highest BCUT2D eigenvalue weighted by Gasteiger charge is 2.38. The Morgan fingerprint density at radius 3 is 2.62 bits per heavy atom. The first-order valence-corrected chi connectivity index (χ1v) is 11.2. The second-order valence-corrected chi connectivity index (χ2v) is 8.84. The van der Waals surface area contributed by atoms with Crippen LogP contribution in [0.25, 0.3) is 0 Å². The van der Waals surface area contributed by atoms with Crippen molar-refractivity contribution in [3.05, 3.63) is 58.1 Å². The van der Waals surface area contributed by atoms with Crippen LogP contribution in [0.4, 0.5) is 0 Å². The number of para-hydroxylation sites is 1.